The molecule has 0 heterocycles. The second kappa shape index (κ2) is 6.06. The summed E-state index contributed by atoms with van der Waals surface area (Å²) in [6.07, 6.45) is 3.54. The SMILES string of the molecule is CC1(C)C2CCC1(C)C(NC(=O)CSc1ccc([N+](=O)[O-])cc1)C2. The molecule has 0 aliphatic heterocycles. The summed E-state index contributed by atoms with van der Waals surface area (Å²) in [4.78, 5) is 23.4. The number of non-ortho nitro benzene ring substituents is 1. The monoisotopic (exact) mass is 348 g/mol. The van der Waals surface area contributed by atoms with Gasteiger partial charge < -0.3 is 5.32 Å². The average Bonchev–Trinajstić information content (AvgIpc) is 2.86. The number of fused-ring (bicyclic) bond motifs is 2. The van der Waals surface area contributed by atoms with Crippen molar-refractivity contribution in [1.82, 2.24) is 5.32 Å². The van der Waals surface area contributed by atoms with Crippen LogP contribution in [0.1, 0.15) is 40.0 Å². The van der Waals surface area contributed by atoms with Crippen LogP contribution in [0, 0.1) is 26.9 Å². The van der Waals surface area contributed by atoms with E-state index in [0.29, 0.717) is 11.7 Å². The van der Waals surface area contributed by atoms with Gasteiger partial charge in [-0.2, -0.15) is 0 Å². The van der Waals surface area contributed by atoms with Crippen LogP contribution in [0.2, 0.25) is 0 Å². The second-order valence-corrected chi connectivity index (χ2v) is 8.82. The van der Waals surface area contributed by atoms with E-state index in [1.54, 1.807) is 12.1 Å². The molecule has 0 radical (unpaired) electrons. The Kier molecular flexibility index (Phi) is 4.36. The van der Waals surface area contributed by atoms with Crippen molar-refractivity contribution in [2.75, 3.05) is 5.75 Å². The van der Waals surface area contributed by atoms with Crippen LogP contribution in [0.15, 0.2) is 29.2 Å². The van der Waals surface area contributed by atoms with Crippen LogP contribution in [0.25, 0.3) is 0 Å². The third-order valence-corrected chi connectivity index (χ3v) is 7.56. The molecule has 0 spiro atoms. The van der Waals surface area contributed by atoms with Crippen molar-refractivity contribution in [2.45, 2.75) is 51.0 Å². The van der Waals surface area contributed by atoms with Gasteiger partial charge in [0, 0.05) is 23.1 Å². The van der Waals surface area contributed by atoms with Crippen LogP contribution in [-0.2, 0) is 4.79 Å². The number of benzene rings is 1. The number of nitro benzene ring substituents is 1. The Hall–Kier alpha value is -1.56. The first-order chi connectivity index (χ1) is 11.2. The predicted octanol–water partition coefficient (Wildman–Crippen LogP) is 4.02. The highest BCUT2D eigenvalue weighted by molar-refractivity contribution is 8.00. The molecule has 2 fully saturated rings. The Bertz CT molecular complexity index is 659. The van der Waals surface area contributed by atoms with Crippen molar-refractivity contribution in [3.63, 3.8) is 0 Å². The van der Waals surface area contributed by atoms with Gasteiger partial charge in [-0.25, -0.2) is 0 Å². The summed E-state index contributed by atoms with van der Waals surface area (Å²) in [5.74, 6) is 1.10. The van der Waals surface area contributed by atoms with E-state index in [0.717, 1.165) is 11.3 Å². The lowest BCUT2D eigenvalue weighted by atomic mass is 9.69. The van der Waals surface area contributed by atoms with Crippen molar-refractivity contribution in [2.24, 2.45) is 16.7 Å². The number of carbonyl (C=O) groups is 1. The van der Waals surface area contributed by atoms with Gasteiger partial charge in [-0.05, 0) is 48.1 Å². The fourth-order valence-electron chi connectivity index (χ4n) is 4.47. The van der Waals surface area contributed by atoms with Gasteiger partial charge in [-0.3, -0.25) is 14.9 Å². The maximum atomic E-state index is 12.3. The molecule has 0 aromatic heterocycles. The van der Waals surface area contributed by atoms with Crippen molar-refractivity contribution in [3.05, 3.63) is 34.4 Å². The van der Waals surface area contributed by atoms with E-state index in [1.807, 2.05) is 0 Å². The molecule has 1 aromatic rings. The number of amides is 1. The highest BCUT2D eigenvalue weighted by Crippen LogP contribution is 2.65. The lowest BCUT2D eigenvalue weighted by Crippen LogP contribution is -2.47. The van der Waals surface area contributed by atoms with Crippen LogP contribution in [0.3, 0.4) is 0 Å². The molecular weight excluding hydrogens is 324 g/mol. The van der Waals surface area contributed by atoms with Gasteiger partial charge in [0.2, 0.25) is 5.91 Å². The third kappa shape index (κ3) is 2.81. The minimum absolute atomic E-state index is 0.0490. The summed E-state index contributed by atoms with van der Waals surface area (Å²) in [6.45, 7) is 6.99. The van der Waals surface area contributed by atoms with Gasteiger partial charge in [0.05, 0.1) is 10.7 Å². The molecule has 3 atom stereocenters. The quantitative estimate of drug-likeness (QED) is 0.495. The molecular formula is C18H24N2O3S. The first-order valence-corrected chi connectivity index (χ1v) is 9.39. The molecule has 0 saturated heterocycles. The summed E-state index contributed by atoms with van der Waals surface area (Å²) in [5, 5.41) is 13.9. The zero-order chi connectivity index (χ0) is 17.5. The van der Waals surface area contributed by atoms with E-state index < -0.39 is 4.92 Å². The van der Waals surface area contributed by atoms with E-state index in [1.165, 1.54) is 36.7 Å². The lowest BCUT2D eigenvalue weighted by molar-refractivity contribution is -0.384. The van der Waals surface area contributed by atoms with Gasteiger partial charge in [-0.1, -0.05) is 20.8 Å². The number of nitro groups is 1. The molecule has 6 heteroatoms. The molecule has 130 valence electrons. The van der Waals surface area contributed by atoms with E-state index in [2.05, 4.69) is 26.1 Å². The van der Waals surface area contributed by atoms with Crippen LogP contribution in [0.5, 0.6) is 0 Å². The zero-order valence-electron chi connectivity index (χ0n) is 14.4. The molecule has 3 unspecified atom stereocenters. The number of hydrogen-bond donors (Lipinski definition) is 1. The first-order valence-electron chi connectivity index (χ1n) is 8.40. The minimum atomic E-state index is -0.418. The Morgan fingerprint density at radius 3 is 2.50 bits per heavy atom. The van der Waals surface area contributed by atoms with Gasteiger partial charge in [0.15, 0.2) is 0 Å². The second-order valence-electron chi connectivity index (χ2n) is 7.77. The number of nitrogens with zero attached hydrogens (tertiary/aromatic N) is 1. The number of carbonyl (C=O) groups excluding carboxylic acids is 1. The van der Waals surface area contributed by atoms with E-state index >= 15 is 0 Å². The summed E-state index contributed by atoms with van der Waals surface area (Å²) in [7, 11) is 0. The van der Waals surface area contributed by atoms with E-state index in [-0.39, 0.29) is 28.5 Å². The minimum Gasteiger partial charge on any atom is -0.352 e. The van der Waals surface area contributed by atoms with Crippen molar-refractivity contribution in [1.29, 1.82) is 0 Å². The average molecular weight is 348 g/mol. The fourth-order valence-corrected chi connectivity index (χ4v) is 5.18. The van der Waals surface area contributed by atoms with Gasteiger partial charge in [-0.15, -0.1) is 11.8 Å². The number of rotatable bonds is 5. The largest absolute Gasteiger partial charge is 0.352 e. The van der Waals surface area contributed by atoms with Gasteiger partial charge in [0.25, 0.3) is 5.69 Å². The molecule has 1 amide bonds. The van der Waals surface area contributed by atoms with Crippen LogP contribution in [0.4, 0.5) is 5.69 Å². The molecule has 2 aliphatic rings. The summed E-state index contributed by atoms with van der Waals surface area (Å²) >= 11 is 1.42. The third-order valence-electron chi connectivity index (χ3n) is 6.55. The van der Waals surface area contributed by atoms with Crippen molar-refractivity contribution < 1.29 is 9.72 Å². The Morgan fingerprint density at radius 1 is 1.33 bits per heavy atom. The predicted molar refractivity (Wildman–Crippen MR) is 95.0 cm³/mol. The normalized spacial score (nSPS) is 30.3. The first kappa shape index (κ1) is 17.3. The summed E-state index contributed by atoms with van der Waals surface area (Å²) < 4.78 is 0. The van der Waals surface area contributed by atoms with E-state index in [9.17, 15) is 14.9 Å². The highest BCUT2D eigenvalue weighted by atomic mass is 32.2. The standard InChI is InChI=1S/C18H24N2O3S/c1-17(2)12-8-9-18(17,3)15(10-12)19-16(21)11-24-14-6-4-13(5-7-14)20(22)23/h4-7,12,15H,8-11H2,1-3H3,(H,19,21). The summed E-state index contributed by atoms with van der Waals surface area (Å²) in [5.41, 5.74) is 0.544. The van der Waals surface area contributed by atoms with Gasteiger partial charge >= 0.3 is 0 Å². The summed E-state index contributed by atoms with van der Waals surface area (Å²) in [6, 6.07) is 6.59. The van der Waals surface area contributed by atoms with Gasteiger partial charge in [0.1, 0.15) is 0 Å². The zero-order valence-corrected chi connectivity index (χ0v) is 15.2. The molecule has 1 aromatic carbocycles. The maximum absolute atomic E-state index is 12.3. The van der Waals surface area contributed by atoms with Crippen LogP contribution in [-0.4, -0.2) is 22.6 Å². The molecule has 2 aliphatic carbocycles. The molecule has 1 N–H and O–H groups in total. The molecule has 24 heavy (non-hydrogen) atoms. The Morgan fingerprint density at radius 2 is 2.00 bits per heavy atom. The van der Waals surface area contributed by atoms with Crippen LogP contribution >= 0.6 is 11.8 Å². The Balaban J connectivity index is 1.54. The number of thioether (sulfide) groups is 1. The number of nitrogens with one attached hydrogen (secondary N) is 1. The molecule has 2 saturated carbocycles. The number of hydrogen-bond acceptors (Lipinski definition) is 4. The maximum Gasteiger partial charge on any atom is 0.269 e. The molecule has 2 bridgehead atoms. The highest BCUT2D eigenvalue weighted by Gasteiger charge is 2.61. The molecule has 3 rings (SSSR count). The lowest BCUT2D eigenvalue weighted by Gasteiger charge is -2.39. The van der Waals surface area contributed by atoms with Crippen molar-refractivity contribution in [3.8, 4) is 0 Å². The van der Waals surface area contributed by atoms with Crippen molar-refractivity contribution >= 4 is 23.4 Å². The van der Waals surface area contributed by atoms with Crippen LogP contribution < -0.4 is 5.32 Å². The smallest absolute Gasteiger partial charge is 0.269 e. The topological polar surface area (TPSA) is 72.2 Å². The molecule has 5 nitrogen and oxygen atoms in total. The fraction of sp³-hybridized carbons (Fsp3) is 0.611. The Labute approximate surface area is 146 Å². The van der Waals surface area contributed by atoms with E-state index in [4.69, 9.17) is 0 Å².